The molecule has 0 radical (unpaired) electrons. The standard InChI is InChI=1S/C15H13BrIN5O2S/c16-2-1-3-22-14-12(13(18)19-6-20-14)21-15(22)25-11-5-10-9(4-8(11)17)23-7-24-10/h4-6H,1-3,7H2,(H2,18,19,20)/i1D2,2D2,3D2. The predicted molar refractivity (Wildman–Crippen MR) is 108 cm³/mol. The fraction of sp³-hybridized carbons (Fsp3) is 0.267. The van der Waals surface area contributed by atoms with Crippen molar-refractivity contribution in [2.75, 3.05) is 17.8 Å². The van der Waals surface area contributed by atoms with Gasteiger partial charge in [0.15, 0.2) is 33.6 Å². The van der Waals surface area contributed by atoms with E-state index in [1.165, 1.54) is 0 Å². The van der Waals surface area contributed by atoms with Gasteiger partial charge in [0.05, 0.1) is 0 Å². The minimum Gasteiger partial charge on any atom is -0.454 e. The Labute approximate surface area is 178 Å². The number of ether oxygens (including phenoxy) is 2. The van der Waals surface area contributed by atoms with Crippen molar-refractivity contribution in [3.8, 4) is 11.5 Å². The van der Waals surface area contributed by atoms with E-state index < -0.39 is 18.2 Å². The number of fused-ring (bicyclic) bond motifs is 2. The maximum atomic E-state index is 8.56. The number of nitrogens with two attached hydrogens (primary N) is 1. The van der Waals surface area contributed by atoms with Crippen molar-refractivity contribution < 1.29 is 17.7 Å². The average molecular weight is 540 g/mol. The third-order valence-electron chi connectivity index (χ3n) is 3.29. The molecule has 4 rings (SSSR count). The Kier molecular flexibility index (Phi) is 3.28. The molecule has 0 aliphatic carbocycles. The van der Waals surface area contributed by atoms with Crippen LogP contribution in [0.1, 0.15) is 14.6 Å². The van der Waals surface area contributed by atoms with Crippen LogP contribution >= 0.6 is 50.3 Å². The van der Waals surface area contributed by atoms with Gasteiger partial charge in [0.25, 0.3) is 0 Å². The molecule has 0 unspecified atom stereocenters. The van der Waals surface area contributed by atoms with Gasteiger partial charge in [0.1, 0.15) is 6.33 Å². The molecule has 7 nitrogen and oxygen atoms in total. The molecule has 0 spiro atoms. The molecule has 1 aliphatic rings. The van der Waals surface area contributed by atoms with E-state index in [1.54, 1.807) is 12.1 Å². The Hall–Kier alpha value is -1.27. The molecule has 130 valence electrons. The molecule has 10 heteroatoms. The number of aryl methyl sites for hydroxylation is 1. The van der Waals surface area contributed by atoms with Crippen LogP contribution < -0.4 is 15.2 Å². The molecule has 2 aromatic heterocycles. The van der Waals surface area contributed by atoms with Gasteiger partial charge in [-0.25, -0.2) is 15.0 Å². The number of hydrogen-bond donors (Lipinski definition) is 1. The molecule has 0 saturated carbocycles. The molecular weight excluding hydrogens is 521 g/mol. The number of imidazole rings is 1. The zero-order chi connectivity index (χ0) is 22.8. The van der Waals surface area contributed by atoms with Crippen LogP contribution in [0.4, 0.5) is 5.82 Å². The van der Waals surface area contributed by atoms with Gasteiger partial charge >= 0.3 is 0 Å². The van der Waals surface area contributed by atoms with Gasteiger partial charge in [0, 0.05) is 28.5 Å². The highest BCUT2D eigenvalue weighted by Crippen LogP contribution is 2.41. The van der Waals surface area contributed by atoms with Gasteiger partial charge in [-0.05, 0) is 41.1 Å². The summed E-state index contributed by atoms with van der Waals surface area (Å²) in [4.78, 5) is 12.9. The van der Waals surface area contributed by atoms with Crippen molar-refractivity contribution in [2.24, 2.45) is 0 Å². The van der Waals surface area contributed by atoms with Crippen molar-refractivity contribution in [3.05, 3.63) is 22.0 Å². The van der Waals surface area contributed by atoms with Crippen LogP contribution in [0.25, 0.3) is 11.2 Å². The maximum absolute atomic E-state index is 8.56. The number of nitrogens with zero attached hydrogens (tertiary/aromatic N) is 4. The summed E-state index contributed by atoms with van der Waals surface area (Å²) in [6.45, 7) is -2.83. The van der Waals surface area contributed by atoms with E-state index in [-0.39, 0.29) is 28.9 Å². The molecule has 1 aromatic carbocycles. The fourth-order valence-corrected chi connectivity index (χ4v) is 3.95. The fourth-order valence-electron chi connectivity index (χ4n) is 2.21. The zero-order valence-corrected chi connectivity index (χ0v) is 16.8. The second kappa shape index (κ2) is 7.16. The Morgan fingerprint density at radius 1 is 1.36 bits per heavy atom. The van der Waals surface area contributed by atoms with Gasteiger partial charge in [0.2, 0.25) is 6.79 Å². The monoisotopic (exact) mass is 539 g/mol. The van der Waals surface area contributed by atoms with Gasteiger partial charge in [-0.15, -0.1) is 0 Å². The molecule has 3 heterocycles. The lowest BCUT2D eigenvalue weighted by Gasteiger charge is -2.09. The Bertz CT molecular complexity index is 1190. The first-order valence-corrected chi connectivity index (χ1v) is 9.49. The summed E-state index contributed by atoms with van der Waals surface area (Å²) in [6.07, 6.45) is -1.91. The lowest BCUT2D eigenvalue weighted by molar-refractivity contribution is 0.174. The summed E-state index contributed by atoms with van der Waals surface area (Å²) in [7, 11) is 0. The van der Waals surface area contributed by atoms with E-state index in [0.717, 1.165) is 26.2 Å². The summed E-state index contributed by atoms with van der Waals surface area (Å²) >= 11 is 5.75. The Morgan fingerprint density at radius 2 is 2.16 bits per heavy atom. The van der Waals surface area contributed by atoms with Crippen LogP contribution in [0, 0.1) is 3.57 Å². The van der Waals surface area contributed by atoms with Crippen LogP contribution in [-0.2, 0) is 6.50 Å². The number of nitrogen functional groups attached to an aromatic ring is 1. The number of anilines is 1. The third-order valence-corrected chi connectivity index (χ3v) is 5.76. The van der Waals surface area contributed by atoms with E-state index in [0.29, 0.717) is 16.4 Å². The molecule has 0 amide bonds. The minimum atomic E-state index is -3.02. The molecule has 25 heavy (non-hydrogen) atoms. The first kappa shape index (κ1) is 11.4. The summed E-state index contributed by atoms with van der Waals surface area (Å²) in [6, 6.07) is 3.47. The summed E-state index contributed by atoms with van der Waals surface area (Å²) in [5.74, 6) is 1.08. The lowest BCUT2D eigenvalue weighted by Crippen LogP contribution is -2.02. The Morgan fingerprint density at radius 3 is 2.96 bits per heavy atom. The van der Waals surface area contributed by atoms with E-state index >= 15 is 0 Å². The molecule has 2 N–H and O–H groups in total. The van der Waals surface area contributed by atoms with Gasteiger partial charge in [-0.2, -0.15) is 0 Å². The van der Waals surface area contributed by atoms with E-state index in [1.807, 2.05) is 0 Å². The van der Waals surface area contributed by atoms with E-state index in [4.69, 9.17) is 23.4 Å². The molecule has 3 aromatic rings. The smallest absolute Gasteiger partial charge is 0.231 e. The highest BCUT2D eigenvalue weighted by Gasteiger charge is 2.20. The second-order valence-corrected chi connectivity index (χ2v) is 7.30. The normalized spacial score (nSPS) is 18.2. The van der Waals surface area contributed by atoms with Crippen LogP contribution in [0.2, 0.25) is 0 Å². The topological polar surface area (TPSA) is 88.1 Å². The predicted octanol–water partition coefficient (Wildman–Crippen LogP) is 3.68. The number of rotatable bonds is 5. The first-order chi connectivity index (χ1) is 14.3. The molecule has 0 bridgehead atoms. The van der Waals surface area contributed by atoms with Crippen LogP contribution in [-0.4, -0.2) is 31.6 Å². The van der Waals surface area contributed by atoms with Crippen molar-refractivity contribution in [3.63, 3.8) is 0 Å². The van der Waals surface area contributed by atoms with Crippen molar-refractivity contribution in [2.45, 2.75) is 22.9 Å². The maximum Gasteiger partial charge on any atom is 0.231 e. The highest BCUT2D eigenvalue weighted by molar-refractivity contribution is 14.1. The number of halogens is 2. The van der Waals surface area contributed by atoms with Crippen LogP contribution in [0.15, 0.2) is 28.5 Å². The SMILES string of the molecule is [2H]C([2H])(Br)C([2H])([2H])C([2H])([2H])n1c(Sc2cc3c(cc2I)OCO3)nc2c(N)ncnc21. The van der Waals surface area contributed by atoms with Crippen LogP contribution in [0.3, 0.4) is 0 Å². The third kappa shape index (κ3) is 3.26. The largest absolute Gasteiger partial charge is 0.454 e. The summed E-state index contributed by atoms with van der Waals surface area (Å²) in [5.41, 5.74) is 5.92. The zero-order valence-electron chi connectivity index (χ0n) is 18.3. The molecular formula is C15H13BrIN5O2S. The quantitative estimate of drug-likeness (QED) is 0.391. The van der Waals surface area contributed by atoms with Gasteiger partial charge in [-0.1, -0.05) is 27.7 Å². The van der Waals surface area contributed by atoms with Crippen molar-refractivity contribution in [1.82, 2.24) is 19.5 Å². The van der Waals surface area contributed by atoms with Crippen LogP contribution in [0.5, 0.6) is 11.5 Å². The Balaban J connectivity index is 1.92. The molecule has 1 aliphatic heterocycles. The minimum absolute atomic E-state index is 0.0100. The van der Waals surface area contributed by atoms with Gasteiger partial charge in [-0.3, -0.25) is 0 Å². The second-order valence-electron chi connectivity index (χ2n) is 4.73. The molecule has 0 saturated heterocycles. The number of benzene rings is 1. The summed E-state index contributed by atoms with van der Waals surface area (Å²) in [5, 5.41) is -2.68. The van der Waals surface area contributed by atoms with Crippen molar-refractivity contribution >= 4 is 67.3 Å². The molecule has 0 fully saturated rings. The number of hydrogen-bond acceptors (Lipinski definition) is 7. The first-order valence-electron chi connectivity index (χ1n) is 9.80. The number of aromatic nitrogens is 4. The average Bonchev–Trinajstić information content (AvgIpc) is 3.25. The number of alkyl halides is 1. The van der Waals surface area contributed by atoms with E-state index in [2.05, 4.69) is 53.5 Å². The van der Waals surface area contributed by atoms with Gasteiger partial charge < -0.3 is 19.8 Å². The van der Waals surface area contributed by atoms with Crippen molar-refractivity contribution in [1.29, 1.82) is 0 Å². The highest BCUT2D eigenvalue weighted by atomic mass is 127. The summed E-state index contributed by atoms with van der Waals surface area (Å²) < 4.78 is 61.6. The lowest BCUT2D eigenvalue weighted by atomic mass is 10.3. The van der Waals surface area contributed by atoms with E-state index in [9.17, 15) is 0 Å². The molecule has 0 atom stereocenters.